The molecule has 5 atom stereocenters. The van der Waals surface area contributed by atoms with Crippen LogP contribution in [0.15, 0.2) is 0 Å². The second-order valence-corrected chi connectivity index (χ2v) is 9.19. The Morgan fingerprint density at radius 1 is 1.32 bits per heavy atom. The predicted octanol–water partition coefficient (Wildman–Crippen LogP) is 0.184. The van der Waals surface area contributed by atoms with E-state index in [1.54, 1.807) is 0 Å². The summed E-state index contributed by atoms with van der Waals surface area (Å²) in [5.74, 6) is -1.82. The van der Waals surface area contributed by atoms with Crippen molar-refractivity contribution in [2.45, 2.75) is 76.7 Å². The molecule has 0 aromatic rings. The number of nitrogens with one attached hydrogen (secondary N) is 2. The second kappa shape index (κ2) is 7.63. The first kappa shape index (κ1) is 21.0. The molecule has 0 aromatic carbocycles. The maximum atomic E-state index is 13.4. The van der Waals surface area contributed by atoms with E-state index in [1.807, 2.05) is 27.7 Å². The van der Waals surface area contributed by atoms with Crippen molar-refractivity contribution in [3.8, 4) is 0 Å². The number of nitrogens with zero attached hydrogens (tertiary/aromatic N) is 1. The van der Waals surface area contributed by atoms with Crippen LogP contribution in [0.3, 0.4) is 0 Å². The number of amides is 3. The lowest BCUT2D eigenvalue weighted by molar-refractivity contribution is -0.142. The van der Waals surface area contributed by atoms with E-state index in [0.29, 0.717) is 25.8 Å². The molecule has 8 heteroatoms. The first-order valence-corrected chi connectivity index (χ1v) is 10.3. The lowest BCUT2D eigenvalue weighted by Crippen LogP contribution is -2.58. The Bertz CT molecular complexity index is 646. The number of ether oxygens (including phenoxy) is 1. The summed E-state index contributed by atoms with van der Waals surface area (Å²) in [6, 6.07) is -0.773. The third kappa shape index (κ3) is 3.41. The van der Waals surface area contributed by atoms with Crippen LogP contribution in [0, 0.1) is 11.8 Å². The predicted molar refractivity (Wildman–Crippen MR) is 102 cm³/mol. The zero-order valence-electron chi connectivity index (χ0n) is 17.3. The zero-order chi connectivity index (χ0) is 20.7. The van der Waals surface area contributed by atoms with Crippen molar-refractivity contribution in [2.75, 3.05) is 19.7 Å². The molecule has 3 amide bonds. The van der Waals surface area contributed by atoms with Gasteiger partial charge in [-0.15, -0.1) is 0 Å². The molecule has 3 N–H and O–H groups in total. The third-order valence-electron chi connectivity index (χ3n) is 5.96. The zero-order valence-corrected chi connectivity index (χ0v) is 17.3. The first-order valence-electron chi connectivity index (χ1n) is 10.3. The molecule has 0 aromatic heterocycles. The van der Waals surface area contributed by atoms with Crippen molar-refractivity contribution >= 4 is 17.7 Å². The number of rotatable bonds is 7. The lowest BCUT2D eigenvalue weighted by atomic mass is 9.70. The Morgan fingerprint density at radius 2 is 2.04 bits per heavy atom. The largest absolute Gasteiger partial charge is 0.396 e. The third-order valence-corrected chi connectivity index (χ3v) is 5.96. The van der Waals surface area contributed by atoms with Gasteiger partial charge in [-0.1, -0.05) is 6.92 Å². The van der Waals surface area contributed by atoms with Gasteiger partial charge in [0.2, 0.25) is 17.7 Å². The summed E-state index contributed by atoms with van der Waals surface area (Å²) in [4.78, 5) is 40.9. The molecule has 3 rings (SSSR count). The lowest BCUT2D eigenvalue weighted by Gasteiger charge is -2.35. The average molecular weight is 396 g/mol. The quantitative estimate of drug-likeness (QED) is 0.570. The minimum atomic E-state index is -0.958. The summed E-state index contributed by atoms with van der Waals surface area (Å²) in [6.07, 6.45) is 2.12. The van der Waals surface area contributed by atoms with E-state index < -0.39 is 29.0 Å². The number of aliphatic hydroxyl groups is 1. The van der Waals surface area contributed by atoms with Gasteiger partial charge >= 0.3 is 0 Å². The summed E-state index contributed by atoms with van der Waals surface area (Å²) in [5.41, 5.74) is -1.41. The molecule has 8 nitrogen and oxygen atoms in total. The van der Waals surface area contributed by atoms with Gasteiger partial charge in [-0.2, -0.15) is 0 Å². The molecular weight excluding hydrogens is 362 g/mol. The molecule has 3 aliphatic heterocycles. The monoisotopic (exact) mass is 395 g/mol. The van der Waals surface area contributed by atoms with E-state index in [1.165, 1.54) is 4.90 Å². The Labute approximate surface area is 166 Å². The minimum absolute atomic E-state index is 0.0705. The van der Waals surface area contributed by atoms with Crippen LogP contribution in [-0.4, -0.2) is 70.7 Å². The van der Waals surface area contributed by atoms with E-state index in [-0.39, 0.29) is 37.0 Å². The Kier molecular flexibility index (Phi) is 5.74. The second-order valence-electron chi connectivity index (χ2n) is 9.19. The highest BCUT2D eigenvalue weighted by atomic mass is 16.5. The molecule has 0 saturated carbocycles. The molecule has 1 spiro atoms. The van der Waals surface area contributed by atoms with Crippen molar-refractivity contribution in [3.05, 3.63) is 0 Å². The molecule has 3 saturated heterocycles. The van der Waals surface area contributed by atoms with Crippen LogP contribution in [0.1, 0.15) is 53.4 Å². The summed E-state index contributed by atoms with van der Waals surface area (Å²) in [5, 5.41) is 15.1. The van der Waals surface area contributed by atoms with Crippen LogP contribution >= 0.6 is 0 Å². The summed E-state index contributed by atoms with van der Waals surface area (Å²) >= 11 is 0. The summed E-state index contributed by atoms with van der Waals surface area (Å²) in [7, 11) is 0. The van der Waals surface area contributed by atoms with Crippen LogP contribution in [0.4, 0.5) is 0 Å². The van der Waals surface area contributed by atoms with E-state index >= 15 is 0 Å². The van der Waals surface area contributed by atoms with Crippen LogP contribution in [0.5, 0.6) is 0 Å². The van der Waals surface area contributed by atoms with Crippen molar-refractivity contribution in [1.29, 1.82) is 0 Å². The van der Waals surface area contributed by atoms with E-state index in [9.17, 15) is 19.5 Å². The van der Waals surface area contributed by atoms with Gasteiger partial charge in [-0.3, -0.25) is 14.4 Å². The van der Waals surface area contributed by atoms with Gasteiger partial charge in [0.15, 0.2) is 0 Å². The molecule has 3 heterocycles. The van der Waals surface area contributed by atoms with Gasteiger partial charge in [-0.25, -0.2) is 0 Å². The number of hydrogen-bond donors (Lipinski definition) is 3. The standard InChI is InChI=1S/C20H33N3O5/c1-5-9-21-16(25)13-12-7-8-20(28-12)14(13)18(27)23(10-6-11-24)15(20)17(26)22-19(2,3)4/h12-15,24H,5-11H2,1-4H3,(H,21,25)(H,22,26)/t12-,13+,14+,15?,20?/m1/s1. The smallest absolute Gasteiger partial charge is 0.246 e. The van der Waals surface area contributed by atoms with Gasteiger partial charge in [0.25, 0.3) is 0 Å². The van der Waals surface area contributed by atoms with E-state index in [2.05, 4.69) is 10.6 Å². The van der Waals surface area contributed by atoms with Gasteiger partial charge in [0.1, 0.15) is 11.6 Å². The van der Waals surface area contributed by atoms with Crippen LogP contribution < -0.4 is 10.6 Å². The number of hydrogen-bond acceptors (Lipinski definition) is 5. The molecule has 2 unspecified atom stereocenters. The van der Waals surface area contributed by atoms with Crippen LogP contribution in [0.25, 0.3) is 0 Å². The van der Waals surface area contributed by atoms with Crippen molar-refractivity contribution in [3.63, 3.8) is 0 Å². The van der Waals surface area contributed by atoms with E-state index in [0.717, 1.165) is 6.42 Å². The maximum absolute atomic E-state index is 13.4. The maximum Gasteiger partial charge on any atom is 0.246 e. The fourth-order valence-electron chi connectivity index (χ4n) is 5.04. The minimum Gasteiger partial charge on any atom is -0.396 e. The number of aliphatic hydroxyl groups excluding tert-OH is 1. The molecule has 158 valence electrons. The van der Waals surface area contributed by atoms with Crippen LogP contribution in [0.2, 0.25) is 0 Å². The SMILES string of the molecule is CCCNC(=O)[C@@H]1[C@H]2C(=O)N(CCCO)C(C(=O)NC(C)(C)C)C23CC[C@H]1O3. The molecule has 0 aliphatic carbocycles. The highest BCUT2D eigenvalue weighted by molar-refractivity contribution is 5.99. The Balaban J connectivity index is 1.94. The first-order chi connectivity index (χ1) is 13.2. The number of carbonyl (C=O) groups excluding carboxylic acids is 3. The molecule has 3 aliphatic rings. The highest BCUT2D eigenvalue weighted by Gasteiger charge is 2.74. The van der Waals surface area contributed by atoms with Gasteiger partial charge in [-0.05, 0) is 46.5 Å². The fraction of sp³-hybridized carbons (Fsp3) is 0.850. The number of carbonyl (C=O) groups is 3. The average Bonchev–Trinajstić information content (AvgIpc) is 3.23. The molecule has 28 heavy (non-hydrogen) atoms. The summed E-state index contributed by atoms with van der Waals surface area (Å²) in [6.45, 7) is 8.40. The van der Waals surface area contributed by atoms with Crippen LogP contribution in [-0.2, 0) is 19.1 Å². The van der Waals surface area contributed by atoms with E-state index in [4.69, 9.17) is 4.74 Å². The van der Waals surface area contributed by atoms with Crippen molar-refractivity contribution in [2.24, 2.45) is 11.8 Å². The Morgan fingerprint density at radius 3 is 2.64 bits per heavy atom. The molecule has 3 fully saturated rings. The molecular formula is C20H33N3O5. The number of likely N-dealkylation sites (tertiary alicyclic amines) is 1. The molecule has 2 bridgehead atoms. The summed E-state index contributed by atoms with van der Waals surface area (Å²) < 4.78 is 6.28. The van der Waals surface area contributed by atoms with Crippen molar-refractivity contribution in [1.82, 2.24) is 15.5 Å². The number of fused-ring (bicyclic) bond motifs is 1. The highest BCUT2D eigenvalue weighted by Crippen LogP contribution is 2.58. The van der Waals surface area contributed by atoms with Crippen molar-refractivity contribution < 1.29 is 24.2 Å². The normalized spacial score (nSPS) is 33.9. The van der Waals surface area contributed by atoms with Gasteiger partial charge in [0, 0.05) is 25.2 Å². The Hall–Kier alpha value is -1.67. The van der Waals surface area contributed by atoms with Gasteiger partial charge < -0.3 is 25.4 Å². The molecule has 0 radical (unpaired) electrons. The topological polar surface area (TPSA) is 108 Å². The van der Waals surface area contributed by atoms with Gasteiger partial charge in [0.05, 0.1) is 17.9 Å². The fourth-order valence-corrected chi connectivity index (χ4v) is 5.04.